The van der Waals surface area contributed by atoms with Crippen molar-refractivity contribution in [3.8, 4) is 22.8 Å². The quantitative estimate of drug-likeness (QED) is 0.347. The second-order valence-corrected chi connectivity index (χ2v) is 9.58. The number of carbonyl (C=O) groups excluding carboxylic acids is 1. The number of imidazole rings is 1. The summed E-state index contributed by atoms with van der Waals surface area (Å²) in [6.07, 6.45) is -2.91. The van der Waals surface area contributed by atoms with Gasteiger partial charge in [-0.3, -0.25) is 4.79 Å². The number of carbonyl (C=O) groups is 1. The number of nitrogens with zero attached hydrogens (tertiary/aromatic N) is 4. The van der Waals surface area contributed by atoms with Gasteiger partial charge in [-0.1, -0.05) is 62.4 Å². The Bertz CT molecular complexity index is 1490. The summed E-state index contributed by atoms with van der Waals surface area (Å²) in [6.45, 7) is 5.11. The summed E-state index contributed by atoms with van der Waals surface area (Å²) in [7, 11) is 1.54. The number of anilines is 1. The predicted octanol–water partition coefficient (Wildman–Crippen LogP) is 5.58. The van der Waals surface area contributed by atoms with Crippen molar-refractivity contribution in [3.63, 3.8) is 0 Å². The van der Waals surface area contributed by atoms with Crippen molar-refractivity contribution in [3.05, 3.63) is 82.8 Å². The number of fused-ring (bicyclic) bond motifs is 1. The second kappa shape index (κ2) is 9.92. The van der Waals surface area contributed by atoms with Gasteiger partial charge < -0.3 is 15.2 Å². The van der Waals surface area contributed by atoms with Crippen molar-refractivity contribution >= 4 is 11.7 Å². The van der Waals surface area contributed by atoms with Gasteiger partial charge in [0, 0.05) is 43.0 Å². The van der Waals surface area contributed by atoms with E-state index in [0.717, 1.165) is 28.5 Å². The van der Waals surface area contributed by atoms with Gasteiger partial charge >= 0.3 is 6.18 Å². The van der Waals surface area contributed by atoms with Gasteiger partial charge in [0.15, 0.2) is 11.5 Å². The second-order valence-electron chi connectivity index (χ2n) is 9.58. The molecule has 0 unspecified atom stereocenters. The molecular weight excluding hydrogens is 493 g/mol. The summed E-state index contributed by atoms with van der Waals surface area (Å²) in [4.78, 5) is 25.9. The summed E-state index contributed by atoms with van der Waals surface area (Å²) < 4.78 is 40.5. The molecule has 0 saturated heterocycles. The normalized spacial score (nSPS) is 13.4. The number of aromatic nitrogens is 4. The van der Waals surface area contributed by atoms with E-state index in [9.17, 15) is 18.0 Å². The molecule has 2 aromatic carbocycles. The van der Waals surface area contributed by atoms with Crippen molar-refractivity contribution in [2.75, 3.05) is 11.9 Å². The number of aryl methyl sites for hydroxylation is 1. The molecule has 0 bridgehead atoms. The lowest BCUT2D eigenvalue weighted by atomic mass is 9.96. The highest BCUT2D eigenvalue weighted by Gasteiger charge is 2.34. The average molecular weight is 521 g/mol. The van der Waals surface area contributed by atoms with E-state index < -0.39 is 11.9 Å². The standard InChI is InChI=1S/C28H27F3N6O/c1-16(2)19-6-4-5-7-20(19)25-35-23-21(12-13-32-27(23)38)24(36-25)33-14-17-8-10-18(11-9-17)26-34-22(15-37(26)3)28(29,30)31/h4-11,15-16H,12-14H2,1-3H3,(H,32,38)(H,33,35,36). The van der Waals surface area contributed by atoms with E-state index in [1.807, 2.05) is 36.4 Å². The van der Waals surface area contributed by atoms with Crippen molar-refractivity contribution in [1.29, 1.82) is 0 Å². The molecule has 1 aliphatic rings. The van der Waals surface area contributed by atoms with Crippen molar-refractivity contribution < 1.29 is 18.0 Å². The predicted molar refractivity (Wildman–Crippen MR) is 139 cm³/mol. The smallest absolute Gasteiger partial charge is 0.366 e. The maximum atomic E-state index is 13.0. The Morgan fingerprint density at radius 2 is 1.79 bits per heavy atom. The van der Waals surface area contributed by atoms with Crippen LogP contribution in [0.1, 0.15) is 52.6 Å². The van der Waals surface area contributed by atoms with Crippen molar-refractivity contribution in [1.82, 2.24) is 24.8 Å². The van der Waals surface area contributed by atoms with Gasteiger partial charge in [-0.25, -0.2) is 15.0 Å². The van der Waals surface area contributed by atoms with Crippen LogP contribution in [0.2, 0.25) is 0 Å². The molecule has 3 heterocycles. The number of alkyl halides is 3. The fraction of sp³-hybridized carbons (Fsp3) is 0.286. The minimum absolute atomic E-state index is 0.224. The molecule has 2 N–H and O–H groups in total. The Labute approximate surface area is 218 Å². The third-order valence-corrected chi connectivity index (χ3v) is 6.55. The van der Waals surface area contributed by atoms with Crippen LogP contribution in [0, 0.1) is 0 Å². The van der Waals surface area contributed by atoms with Gasteiger partial charge in [0.1, 0.15) is 17.3 Å². The molecule has 38 heavy (non-hydrogen) atoms. The highest BCUT2D eigenvalue weighted by Crippen LogP contribution is 2.32. The van der Waals surface area contributed by atoms with Gasteiger partial charge in [-0.15, -0.1) is 0 Å². The van der Waals surface area contributed by atoms with E-state index in [1.54, 1.807) is 12.1 Å². The fourth-order valence-electron chi connectivity index (χ4n) is 4.59. The van der Waals surface area contributed by atoms with Gasteiger partial charge in [0.2, 0.25) is 0 Å². The van der Waals surface area contributed by atoms with E-state index in [0.29, 0.717) is 42.4 Å². The summed E-state index contributed by atoms with van der Waals surface area (Å²) in [5.41, 5.74) is 3.66. The lowest BCUT2D eigenvalue weighted by Gasteiger charge is -2.21. The van der Waals surface area contributed by atoms with Crippen LogP contribution >= 0.6 is 0 Å². The SMILES string of the molecule is CC(C)c1ccccc1-c1nc(NCc2ccc(-c3nc(C(F)(F)F)cn3C)cc2)c2c(n1)C(=O)NCC2. The summed E-state index contributed by atoms with van der Waals surface area (Å²) >= 11 is 0. The van der Waals surface area contributed by atoms with Gasteiger partial charge in [0.05, 0.1) is 0 Å². The molecule has 0 atom stereocenters. The van der Waals surface area contributed by atoms with Crippen LogP contribution in [0.5, 0.6) is 0 Å². The van der Waals surface area contributed by atoms with Gasteiger partial charge in [0.25, 0.3) is 5.91 Å². The van der Waals surface area contributed by atoms with E-state index in [1.165, 1.54) is 11.6 Å². The first-order valence-corrected chi connectivity index (χ1v) is 12.3. The number of hydrogen-bond acceptors (Lipinski definition) is 5. The fourth-order valence-corrected chi connectivity index (χ4v) is 4.59. The number of rotatable bonds is 6. The lowest BCUT2D eigenvalue weighted by Crippen LogP contribution is -2.34. The molecule has 0 radical (unpaired) electrons. The topological polar surface area (TPSA) is 84.7 Å². The van der Waals surface area contributed by atoms with E-state index >= 15 is 0 Å². The molecule has 1 amide bonds. The number of nitrogens with one attached hydrogen (secondary N) is 2. The molecular formula is C28H27F3N6O. The highest BCUT2D eigenvalue weighted by molar-refractivity contribution is 5.96. The van der Waals surface area contributed by atoms with Crippen molar-refractivity contribution in [2.24, 2.45) is 7.05 Å². The molecule has 10 heteroatoms. The molecule has 0 aliphatic carbocycles. The summed E-state index contributed by atoms with van der Waals surface area (Å²) in [5, 5.41) is 6.22. The van der Waals surface area contributed by atoms with Crippen LogP contribution < -0.4 is 10.6 Å². The molecule has 0 fully saturated rings. The molecule has 0 spiro atoms. The molecule has 1 aliphatic heterocycles. The maximum absolute atomic E-state index is 13.0. The monoisotopic (exact) mass is 520 g/mol. The third kappa shape index (κ3) is 4.98. The Hall–Kier alpha value is -4.21. The van der Waals surface area contributed by atoms with Crippen LogP contribution in [0.3, 0.4) is 0 Å². The molecule has 196 valence electrons. The summed E-state index contributed by atoms with van der Waals surface area (Å²) in [5.74, 6) is 1.35. The largest absolute Gasteiger partial charge is 0.434 e. The van der Waals surface area contributed by atoms with Crippen LogP contribution in [0.25, 0.3) is 22.8 Å². The van der Waals surface area contributed by atoms with Gasteiger partial charge in [-0.05, 0) is 23.5 Å². The minimum Gasteiger partial charge on any atom is -0.366 e. The highest BCUT2D eigenvalue weighted by atomic mass is 19.4. The zero-order valence-electron chi connectivity index (χ0n) is 21.2. The van der Waals surface area contributed by atoms with Crippen LogP contribution in [-0.2, 0) is 26.2 Å². The molecule has 2 aromatic heterocycles. The van der Waals surface area contributed by atoms with E-state index in [4.69, 9.17) is 4.98 Å². The van der Waals surface area contributed by atoms with Gasteiger partial charge in [-0.2, -0.15) is 13.2 Å². The maximum Gasteiger partial charge on any atom is 0.434 e. The molecule has 5 rings (SSSR count). The third-order valence-electron chi connectivity index (χ3n) is 6.55. The molecule has 4 aromatic rings. The van der Waals surface area contributed by atoms with Crippen LogP contribution in [0.15, 0.2) is 54.7 Å². The minimum atomic E-state index is -4.50. The van der Waals surface area contributed by atoms with E-state index in [2.05, 4.69) is 34.4 Å². The lowest BCUT2D eigenvalue weighted by molar-refractivity contribution is -0.140. The number of benzene rings is 2. The molecule has 0 saturated carbocycles. The average Bonchev–Trinajstić information content (AvgIpc) is 3.30. The zero-order valence-corrected chi connectivity index (χ0v) is 21.2. The molecule has 7 nitrogen and oxygen atoms in total. The zero-order chi connectivity index (χ0) is 27.0. The Morgan fingerprint density at radius 1 is 1.05 bits per heavy atom. The van der Waals surface area contributed by atoms with Crippen molar-refractivity contribution in [2.45, 2.75) is 38.9 Å². The number of halogens is 3. The summed E-state index contributed by atoms with van der Waals surface area (Å²) in [6, 6.07) is 15.1. The first kappa shape index (κ1) is 25.4. The first-order valence-electron chi connectivity index (χ1n) is 12.3. The number of amides is 1. The Balaban J connectivity index is 1.43. The first-order chi connectivity index (χ1) is 18.1. The van der Waals surface area contributed by atoms with E-state index in [-0.39, 0.29) is 17.6 Å². The Morgan fingerprint density at radius 3 is 2.47 bits per heavy atom. The Kier molecular flexibility index (Phi) is 6.64. The van der Waals surface area contributed by atoms with Crippen LogP contribution in [0.4, 0.5) is 19.0 Å². The number of hydrogen-bond donors (Lipinski definition) is 2. The van der Waals surface area contributed by atoms with Crippen LogP contribution in [-0.4, -0.2) is 32.0 Å².